The molecule has 0 aromatic carbocycles. The Balaban J connectivity index is 2.04. The van der Waals surface area contributed by atoms with E-state index in [2.05, 4.69) is 17.2 Å². The highest BCUT2D eigenvalue weighted by atomic mass is 16.3. The lowest BCUT2D eigenvalue weighted by Crippen LogP contribution is -2.31. The van der Waals surface area contributed by atoms with E-state index in [0.717, 1.165) is 31.1 Å². The average molecular weight is 223 g/mol. The maximum atomic E-state index is 11.4. The van der Waals surface area contributed by atoms with E-state index in [1.807, 2.05) is 6.07 Å². The van der Waals surface area contributed by atoms with Crippen molar-refractivity contribution >= 4 is 5.91 Å². The van der Waals surface area contributed by atoms with Gasteiger partial charge in [0.1, 0.15) is 0 Å². The Bertz CT molecular complexity index is 375. The molecule has 3 N–H and O–H groups in total. The first-order valence-corrected chi connectivity index (χ1v) is 5.50. The quantitative estimate of drug-likeness (QED) is 0.450. The first-order chi connectivity index (χ1) is 7.70. The molecule has 1 atom stereocenters. The largest absolute Gasteiger partial charge is 0.459 e. The van der Waals surface area contributed by atoms with Gasteiger partial charge in [-0.15, -0.1) is 0 Å². The van der Waals surface area contributed by atoms with Crippen LogP contribution in [-0.4, -0.2) is 23.9 Å². The van der Waals surface area contributed by atoms with Crippen molar-refractivity contribution in [2.24, 2.45) is 11.8 Å². The number of nitrogens with one attached hydrogen (secondary N) is 1. The van der Waals surface area contributed by atoms with Crippen LogP contribution in [0.3, 0.4) is 0 Å². The molecule has 2 rings (SSSR count). The van der Waals surface area contributed by atoms with Crippen molar-refractivity contribution in [3.63, 3.8) is 0 Å². The molecule has 1 aromatic rings. The van der Waals surface area contributed by atoms with E-state index in [1.54, 1.807) is 0 Å². The standard InChI is InChI=1S/C11H17N3O2/c1-8-2-4-14(6-8)7-9-3-5-16-10(9)11(15)13-12/h3,5,8H,2,4,6-7,12H2,1H3,(H,13,15). The number of amides is 1. The summed E-state index contributed by atoms with van der Waals surface area (Å²) in [7, 11) is 0. The number of rotatable bonds is 3. The van der Waals surface area contributed by atoms with Crippen molar-refractivity contribution < 1.29 is 9.21 Å². The number of carbonyl (C=O) groups excluding carboxylic acids is 1. The Labute approximate surface area is 94.6 Å². The van der Waals surface area contributed by atoms with E-state index in [9.17, 15) is 4.79 Å². The highest BCUT2D eigenvalue weighted by Gasteiger charge is 2.22. The molecule has 1 aliphatic heterocycles. The summed E-state index contributed by atoms with van der Waals surface area (Å²) in [5.74, 6) is 5.78. The summed E-state index contributed by atoms with van der Waals surface area (Å²) in [6.45, 7) is 5.15. The van der Waals surface area contributed by atoms with Gasteiger partial charge in [-0.05, 0) is 24.9 Å². The maximum absolute atomic E-state index is 11.4. The van der Waals surface area contributed by atoms with Crippen molar-refractivity contribution in [3.05, 3.63) is 23.7 Å². The summed E-state index contributed by atoms with van der Waals surface area (Å²) in [5, 5.41) is 0. The summed E-state index contributed by atoms with van der Waals surface area (Å²) >= 11 is 0. The molecule has 88 valence electrons. The molecule has 5 nitrogen and oxygen atoms in total. The lowest BCUT2D eigenvalue weighted by atomic mass is 10.2. The first-order valence-electron chi connectivity index (χ1n) is 5.50. The fraction of sp³-hybridized carbons (Fsp3) is 0.545. The van der Waals surface area contributed by atoms with Gasteiger partial charge in [0.15, 0.2) is 5.76 Å². The van der Waals surface area contributed by atoms with Crippen LogP contribution >= 0.6 is 0 Å². The smallest absolute Gasteiger partial charge is 0.301 e. The molecule has 0 saturated carbocycles. The van der Waals surface area contributed by atoms with Gasteiger partial charge in [-0.3, -0.25) is 15.1 Å². The summed E-state index contributed by atoms with van der Waals surface area (Å²) in [6, 6.07) is 1.83. The number of hydrogen-bond acceptors (Lipinski definition) is 4. The highest BCUT2D eigenvalue weighted by Crippen LogP contribution is 2.20. The van der Waals surface area contributed by atoms with Crippen LogP contribution in [0.4, 0.5) is 0 Å². The third-order valence-electron chi connectivity index (χ3n) is 2.99. The van der Waals surface area contributed by atoms with Gasteiger partial charge in [0.2, 0.25) is 0 Å². The zero-order valence-electron chi connectivity index (χ0n) is 9.40. The molecular weight excluding hydrogens is 206 g/mol. The van der Waals surface area contributed by atoms with E-state index in [1.165, 1.54) is 12.7 Å². The second-order valence-corrected chi connectivity index (χ2v) is 4.38. The van der Waals surface area contributed by atoms with Crippen LogP contribution < -0.4 is 11.3 Å². The minimum atomic E-state index is -0.368. The number of furan rings is 1. The number of likely N-dealkylation sites (tertiary alicyclic amines) is 1. The van der Waals surface area contributed by atoms with Crippen LogP contribution in [0.1, 0.15) is 29.5 Å². The fourth-order valence-corrected chi connectivity index (χ4v) is 2.14. The molecule has 0 bridgehead atoms. The van der Waals surface area contributed by atoms with Crippen molar-refractivity contribution in [1.29, 1.82) is 0 Å². The van der Waals surface area contributed by atoms with Gasteiger partial charge in [-0.2, -0.15) is 0 Å². The van der Waals surface area contributed by atoms with E-state index in [-0.39, 0.29) is 5.91 Å². The number of carbonyl (C=O) groups is 1. The monoisotopic (exact) mass is 223 g/mol. The zero-order chi connectivity index (χ0) is 11.5. The molecule has 1 amide bonds. The number of nitrogen functional groups attached to an aromatic ring is 1. The minimum Gasteiger partial charge on any atom is -0.459 e. The van der Waals surface area contributed by atoms with Gasteiger partial charge in [0, 0.05) is 18.7 Å². The van der Waals surface area contributed by atoms with Crippen molar-refractivity contribution in [3.8, 4) is 0 Å². The van der Waals surface area contributed by atoms with Gasteiger partial charge in [-0.25, -0.2) is 5.84 Å². The van der Waals surface area contributed by atoms with Crippen LogP contribution in [0.15, 0.2) is 16.7 Å². The SMILES string of the molecule is CC1CCN(Cc2ccoc2C(=O)NN)C1. The normalized spacial score (nSPS) is 21.2. The number of nitrogens with two attached hydrogens (primary N) is 1. The van der Waals surface area contributed by atoms with Crippen LogP contribution in [0.25, 0.3) is 0 Å². The Morgan fingerprint density at radius 2 is 2.56 bits per heavy atom. The van der Waals surface area contributed by atoms with Gasteiger partial charge in [-0.1, -0.05) is 6.92 Å². The Hall–Kier alpha value is -1.33. The van der Waals surface area contributed by atoms with Crippen LogP contribution in [0.5, 0.6) is 0 Å². The van der Waals surface area contributed by atoms with E-state index < -0.39 is 0 Å². The Morgan fingerprint density at radius 1 is 1.75 bits per heavy atom. The van der Waals surface area contributed by atoms with Gasteiger partial charge >= 0.3 is 5.91 Å². The molecular formula is C11H17N3O2. The summed E-state index contributed by atoms with van der Waals surface area (Å²) in [5.41, 5.74) is 2.99. The lowest BCUT2D eigenvalue weighted by molar-refractivity contribution is 0.0923. The van der Waals surface area contributed by atoms with Crippen LogP contribution in [0.2, 0.25) is 0 Å². The first kappa shape index (κ1) is 11.2. The average Bonchev–Trinajstić information content (AvgIpc) is 2.87. The predicted molar refractivity (Wildman–Crippen MR) is 59.4 cm³/mol. The second-order valence-electron chi connectivity index (χ2n) is 4.38. The maximum Gasteiger partial charge on any atom is 0.301 e. The van der Waals surface area contributed by atoms with Gasteiger partial charge < -0.3 is 4.42 Å². The van der Waals surface area contributed by atoms with Crippen molar-refractivity contribution in [2.75, 3.05) is 13.1 Å². The van der Waals surface area contributed by atoms with E-state index >= 15 is 0 Å². The molecule has 0 spiro atoms. The lowest BCUT2D eigenvalue weighted by Gasteiger charge is -2.14. The van der Waals surface area contributed by atoms with E-state index in [4.69, 9.17) is 10.3 Å². The summed E-state index contributed by atoms with van der Waals surface area (Å²) in [6.07, 6.45) is 2.75. The molecule has 1 aliphatic rings. The molecule has 1 aromatic heterocycles. The number of hydrogen-bond donors (Lipinski definition) is 2. The molecule has 1 fully saturated rings. The molecule has 5 heteroatoms. The molecule has 0 radical (unpaired) electrons. The van der Waals surface area contributed by atoms with E-state index in [0.29, 0.717) is 5.76 Å². The molecule has 1 unspecified atom stereocenters. The number of hydrazine groups is 1. The third kappa shape index (κ3) is 2.25. The highest BCUT2D eigenvalue weighted by molar-refractivity contribution is 5.92. The van der Waals surface area contributed by atoms with Gasteiger partial charge in [0.25, 0.3) is 0 Å². The number of nitrogens with zero attached hydrogens (tertiary/aromatic N) is 1. The van der Waals surface area contributed by atoms with Crippen LogP contribution in [-0.2, 0) is 6.54 Å². The Morgan fingerprint density at radius 3 is 3.19 bits per heavy atom. The summed E-state index contributed by atoms with van der Waals surface area (Å²) in [4.78, 5) is 13.7. The fourth-order valence-electron chi connectivity index (χ4n) is 2.14. The van der Waals surface area contributed by atoms with Crippen LogP contribution in [0, 0.1) is 5.92 Å². The molecule has 2 heterocycles. The summed E-state index contributed by atoms with van der Waals surface area (Å²) < 4.78 is 5.14. The minimum absolute atomic E-state index is 0.321. The second kappa shape index (κ2) is 4.67. The molecule has 16 heavy (non-hydrogen) atoms. The topological polar surface area (TPSA) is 71.5 Å². The third-order valence-corrected chi connectivity index (χ3v) is 2.99. The van der Waals surface area contributed by atoms with Crippen molar-refractivity contribution in [2.45, 2.75) is 19.9 Å². The molecule has 0 aliphatic carbocycles. The predicted octanol–water partition coefficient (Wildman–Crippen LogP) is 0.725. The Kier molecular flexibility index (Phi) is 3.26. The zero-order valence-corrected chi connectivity index (χ0v) is 9.40. The molecule has 1 saturated heterocycles. The van der Waals surface area contributed by atoms with Gasteiger partial charge in [0.05, 0.1) is 6.26 Å². The van der Waals surface area contributed by atoms with Crippen molar-refractivity contribution in [1.82, 2.24) is 10.3 Å².